The van der Waals surface area contributed by atoms with Gasteiger partial charge in [0.1, 0.15) is 0 Å². The molecule has 0 aliphatic carbocycles. The molecule has 0 unspecified atom stereocenters. The largest absolute Gasteiger partial charge is 0.454 e. The van der Waals surface area contributed by atoms with Gasteiger partial charge in [-0.3, -0.25) is 0 Å². The Labute approximate surface area is 119 Å². The number of hydrogen-bond donors (Lipinski definition) is 2. The molecule has 0 spiro atoms. The number of rotatable bonds is 5. The zero-order chi connectivity index (χ0) is 13.7. The van der Waals surface area contributed by atoms with Crippen LogP contribution in [0.3, 0.4) is 0 Å². The van der Waals surface area contributed by atoms with Gasteiger partial charge in [0.15, 0.2) is 16.6 Å². The molecule has 1 aliphatic heterocycles. The molecule has 1 heterocycles. The van der Waals surface area contributed by atoms with E-state index in [0.717, 1.165) is 29.9 Å². The summed E-state index contributed by atoms with van der Waals surface area (Å²) in [7, 11) is 0. The van der Waals surface area contributed by atoms with E-state index in [2.05, 4.69) is 24.5 Å². The molecule has 2 rings (SSSR count). The summed E-state index contributed by atoms with van der Waals surface area (Å²) < 4.78 is 10.6. The first kappa shape index (κ1) is 13.9. The molecule has 0 atom stereocenters. The molecule has 104 valence electrons. The summed E-state index contributed by atoms with van der Waals surface area (Å²) >= 11 is 5.28. The van der Waals surface area contributed by atoms with Gasteiger partial charge in [-0.15, -0.1) is 0 Å². The average Bonchev–Trinajstić information content (AvgIpc) is 2.89. The molecule has 1 aromatic rings. The van der Waals surface area contributed by atoms with E-state index in [1.165, 1.54) is 0 Å². The molecule has 1 aliphatic rings. The van der Waals surface area contributed by atoms with Crippen LogP contribution in [0, 0.1) is 0 Å². The second kappa shape index (κ2) is 6.61. The van der Waals surface area contributed by atoms with E-state index >= 15 is 0 Å². The van der Waals surface area contributed by atoms with Crippen LogP contribution in [0.2, 0.25) is 0 Å². The van der Waals surface area contributed by atoms with Crippen molar-refractivity contribution in [2.75, 3.05) is 6.79 Å². The van der Waals surface area contributed by atoms with Gasteiger partial charge in [-0.2, -0.15) is 0 Å². The quantitative estimate of drug-likeness (QED) is 0.812. The molecule has 1 aromatic carbocycles. The first-order valence-corrected chi connectivity index (χ1v) is 7.06. The summed E-state index contributed by atoms with van der Waals surface area (Å²) in [6.45, 7) is 5.30. The lowest BCUT2D eigenvalue weighted by atomic mass is 10.2. The molecular formula is C14H20N2O2S. The second-order valence-electron chi connectivity index (χ2n) is 4.53. The standard InChI is InChI=1S/C14H20N2O2S/c1-3-11(4-2)16-14(19)15-8-10-5-6-12-13(7-10)18-9-17-12/h5-7,11H,3-4,8-9H2,1-2H3,(H2,15,16,19). The highest BCUT2D eigenvalue weighted by Crippen LogP contribution is 2.32. The predicted molar refractivity (Wildman–Crippen MR) is 79.5 cm³/mol. The normalized spacial score (nSPS) is 12.6. The molecule has 0 aromatic heterocycles. The fraction of sp³-hybridized carbons (Fsp3) is 0.500. The number of hydrogen-bond acceptors (Lipinski definition) is 3. The fourth-order valence-corrected chi connectivity index (χ4v) is 2.20. The average molecular weight is 280 g/mol. The van der Waals surface area contributed by atoms with E-state index in [1.54, 1.807) is 0 Å². The first-order valence-electron chi connectivity index (χ1n) is 6.65. The molecule has 0 saturated carbocycles. The van der Waals surface area contributed by atoms with Gasteiger partial charge in [-0.25, -0.2) is 0 Å². The van der Waals surface area contributed by atoms with Crippen LogP contribution in [0.5, 0.6) is 11.5 Å². The zero-order valence-corrected chi connectivity index (χ0v) is 12.2. The van der Waals surface area contributed by atoms with Gasteiger partial charge >= 0.3 is 0 Å². The Morgan fingerprint density at radius 1 is 1.26 bits per heavy atom. The highest BCUT2D eigenvalue weighted by molar-refractivity contribution is 7.80. The summed E-state index contributed by atoms with van der Waals surface area (Å²) in [5.41, 5.74) is 1.12. The molecule has 0 radical (unpaired) electrons. The van der Waals surface area contributed by atoms with Crippen LogP contribution in [-0.2, 0) is 6.54 Å². The highest BCUT2D eigenvalue weighted by Gasteiger charge is 2.13. The summed E-state index contributed by atoms with van der Waals surface area (Å²) in [5.74, 6) is 1.61. The van der Waals surface area contributed by atoms with Gasteiger partial charge in [0, 0.05) is 12.6 Å². The molecule has 2 N–H and O–H groups in total. The molecule has 0 fully saturated rings. The second-order valence-corrected chi connectivity index (χ2v) is 4.94. The van der Waals surface area contributed by atoms with Gasteiger partial charge in [-0.1, -0.05) is 19.9 Å². The summed E-state index contributed by atoms with van der Waals surface area (Å²) in [6, 6.07) is 6.36. The van der Waals surface area contributed by atoms with Crippen LogP contribution in [0.15, 0.2) is 18.2 Å². The lowest BCUT2D eigenvalue weighted by Crippen LogP contribution is -2.41. The minimum atomic E-state index is 0.306. The topological polar surface area (TPSA) is 42.5 Å². The van der Waals surface area contributed by atoms with Crippen molar-refractivity contribution >= 4 is 17.3 Å². The maximum absolute atomic E-state index is 5.35. The molecule has 0 bridgehead atoms. The Hall–Kier alpha value is -1.49. The zero-order valence-electron chi connectivity index (χ0n) is 11.4. The number of ether oxygens (including phenoxy) is 2. The van der Waals surface area contributed by atoms with Crippen molar-refractivity contribution in [3.8, 4) is 11.5 Å². The van der Waals surface area contributed by atoms with Crippen molar-refractivity contribution in [1.29, 1.82) is 0 Å². The van der Waals surface area contributed by atoms with Crippen molar-refractivity contribution in [3.05, 3.63) is 23.8 Å². The summed E-state index contributed by atoms with van der Waals surface area (Å²) in [4.78, 5) is 0. The molecule has 5 heteroatoms. The maximum atomic E-state index is 5.35. The van der Waals surface area contributed by atoms with Crippen molar-refractivity contribution in [3.63, 3.8) is 0 Å². The Bertz CT molecular complexity index is 447. The maximum Gasteiger partial charge on any atom is 0.231 e. The highest BCUT2D eigenvalue weighted by atomic mass is 32.1. The van der Waals surface area contributed by atoms with Crippen LogP contribution in [0.25, 0.3) is 0 Å². The van der Waals surface area contributed by atoms with Crippen LogP contribution in [-0.4, -0.2) is 17.9 Å². The summed E-state index contributed by atoms with van der Waals surface area (Å²) in [6.07, 6.45) is 2.14. The van der Waals surface area contributed by atoms with E-state index in [0.29, 0.717) is 24.5 Å². The van der Waals surface area contributed by atoms with E-state index in [9.17, 15) is 0 Å². The van der Waals surface area contributed by atoms with E-state index < -0.39 is 0 Å². The van der Waals surface area contributed by atoms with Crippen molar-refractivity contribution in [1.82, 2.24) is 10.6 Å². The van der Waals surface area contributed by atoms with Gasteiger partial charge in [0.25, 0.3) is 0 Å². The Kier molecular flexibility index (Phi) is 4.85. The number of benzene rings is 1. The fourth-order valence-electron chi connectivity index (χ4n) is 1.96. The number of thiocarbonyl (C=S) groups is 1. The first-order chi connectivity index (χ1) is 9.22. The van der Waals surface area contributed by atoms with E-state index in [1.807, 2.05) is 18.2 Å². The van der Waals surface area contributed by atoms with Crippen LogP contribution < -0.4 is 20.1 Å². The molecule has 19 heavy (non-hydrogen) atoms. The molecule has 0 amide bonds. The van der Waals surface area contributed by atoms with Gasteiger partial charge < -0.3 is 20.1 Å². The lowest BCUT2D eigenvalue weighted by Gasteiger charge is -2.17. The van der Waals surface area contributed by atoms with Crippen molar-refractivity contribution in [2.45, 2.75) is 39.3 Å². The molecule has 4 nitrogen and oxygen atoms in total. The molecule has 0 saturated heterocycles. The third-order valence-corrected chi connectivity index (χ3v) is 3.47. The minimum absolute atomic E-state index is 0.306. The van der Waals surface area contributed by atoms with E-state index in [-0.39, 0.29) is 0 Å². The van der Waals surface area contributed by atoms with Crippen LogP contribution in [0.4, 0.5) is 0 Å². The van der Waals surface area contributed by atoms with Crippen LogP contribution in [0.1, 0.15) is 32.3 Å². The number of fused-ring (bicyclic) bond motifs is 1. The third-order valence-electron chi connectivity index (χ3n) is 3.21. The minimum Gasteiger partial charge on any atom is -0.454 e. The lowest BCUT2D eigenvalue weighted by molar-refractivity contribution is 0.174. The monoisotopic (exact) mass is 280 g/mol. The molecular weight excluding hydrogens is 260 g/mol. The van der Waals surface area contributed by atoms with Crippen LogP contribution >= 0.6 is 12.2 Å². The SMILES string of the molecule is CCC(CC)NC(=S)NCc1ccc2c(c1)OCO2. The predicted octanol–water partition coefficient (Wildman–Crippen LogP) is 2.57. The van der Waals surface area contributed by atoms with Gasteiger partial charge in [-0.05, 0) is 42.8 Å². The third kappa shape index (κ3) is 3.73. The Balaban J connectivity index is 1.83. The van der Waals surface area contributed by atoms with Crippen molar-refractivity contribution in [2.24, 2.45) is 0 Å². The smallest absolute Gasteiger partial charge is 0.231 e. The van der Waals surface area contributed by atoms with E-state index in [4.69, 9.17) is 21.7 Å². The Morgan fingerprint density at radius 2 is 2.00 bits per heavy atom. The number of nitrogens with one attached hydrogen (secondary N) is 2. The Morgan fingerprint density at radius 3 is 2.74 bits per heavy atom. The van der Waals surface area contributed by atoms with Crippen molar-refractivity contribution < 1.29 is 9.47 Å². The summed E-state index contributed by atoms with van der Waals surface area (Å²) in [5, 5.41) is 7.22. The van der Waals surface area contributed by atoms with Gasteiger partial charge in [0.2, 0.25) is 6.79 Å². The van der Waals surface area contributed by atoms with Gasteiger partial charge in [0.05, 0.1) is 0 Å².